The summed E-state index contributed by atoms with van der Waals surface area (Å²) in [5, 5.41) is 12.6. The van der Waals surface area contributed by atoms with E-state index < -0.39 is 11.6 Å². The molecule has 0 saturated heterocycles. The molecule has 1 unspecified atom stereocenters. The number of carbonyl (C=O) groups excluding carboxylic acids is 1. The molecule has 1 amide bonds. The van der Waals surface area contributed by atoms with Gasteiger partial charge in [0.25, 0.3) is 0 Å². The second-order valence-electron chi connectivity index (χ2n) is 7.29. The van der Waals surface area contributed by atoms with Gasteiger partial charge in [-0.15, -0.1) is 0 Å². The highest BCUT2D eigenvalue weighted by Gasteiger charge is 2.36. The van der Waals surface area contributed by atoms with Crippen LogP contribution in [0.25, 0.3) is 0 Å². The Morgan fingerprint density at radius 3 is 2.85 bits per heavy atom. The second-order valence-corrected chi connectivity index (χ2v) is 7.29. The normalized spacial score (nSPS) is 21.7. The number of hydrogen-bond acceptors (Lipinski definition) is 3. The van der Waals surface area contributed by atoms with E-state index in [-0.39, 0.29) is 36.0 Å². The van der Waals surface area contributed by atoms with Crippen LogP contribution >= 0.6 is 0 Å². The molecule has 0 spiro atoms. The highest BCUT2D eigenvalue weighted by molar-refractivity contribution is 5.79. The summed E-state index contributed by atoms with van der Waals surface area (Å²) in [5.74, 6) is -1.35. The number of ether oxygens (including phenoxy) is 1. The van der Waals surface area contributed by atoms with Crippen molar-refractivity contribution in [2.24, 2.45) is 5.92 Å². The van der Waals surface area contributed by atoms with Crippen LogP contribution in [0.5, 0.6) is 5.75 Å². The van der Waals surface area contributed by atoms with Crippen LogP contribution in [0, 0.1) is 17.6 Å². The first-order chi connectivity index (χ1) is 13.0. The molecule has 0 aromatic heterocycles. The van der Waals surface area contributed by atoms with Gasteiger partial charge in [0.1, 0.15) is 5.75 Å². The standard InChI is InChI=1S/C21H21F2NO3/c22-17-3-1-2-13(20(17)23)11-19(26)24-21(15-9-16(25)10-15)14-4-5-18-12(8-14)6-7-27-18/h1-5,8,15-16,21,25H,6-7,9-11H2,(H,24,26). The van der Waals surface area contributed by atoms with Gasteiger partial charge in [0.05, 0.1) is 25.2 Å². The molecule has 27 heavy (non-hydrogen) atoms. The van der Waals surface area contributed by atoms with Crippen LogP contribution in [-0.4, -0.2) is 23.7 Å². The molecule has 142 valence electrons. The molecule has 2 N–H and O–H groups in total. The molecule has 1 saturated carbocycles. The van der Waals surface area contributed by atoms with Crippen molar-refractivity contribution in [3.05, 3.63) is 64.7 Å². The molecular weight excluding hydrogens is 352 g/mol. The monoisotopic (exact) mass is 373 g/mol. The SMILES string of the molecule is O=C(Cc1cccc(F)c1F)NC(c1ccc2c(c1)CCO2)C1CC(O)C1. The first kappa shape index (κ1) is 17.9. The van der Waals surface area contributed by atoms with E-state index >= 15 is 0 Å². The van der Waals surface area contributed by atoms with Crippen molar-refractivity contribution in [3.63, 3.8) is 0 Å². The molecular formula is C21H21F2NO3. The Morgan fingerprint density at radius 2 is 2.07 bits per heavy atom. The van der Waals surface area contributed by atoms with Gasteiger partial charge in [0.2, 0.25) is 5.91 Å². The van der Waals surface area contributed by atoms with E-state index in [9.17, 15) is 18.7 Å². The van der Waals surface area contributed by atoms with E-state index in [0.717, 1.165) is 29.4 Å². The number of hydrogen-bond donors (Lipinski definition) is 2. The lowest BCUT2D eigenvalue weighted by Crippen LogP contribution is -2.42. The second kappa shape index (κ2) is 7.27. The maximum Gasteiger partial charge on any atom is 0.225 e. The van der Waals surface area contributed by atoms with Crippen molar-refractivity contribution in [3.8, 4) is 5.75 Å². The zero-order valence-electron chi connectivity index (χ0n) is 14.8. The summed E-state index contributed by atoms with van der Waals surface area (Å²) in [5.41, 5.74) is 2.08. The minimum absolute atomic E-state index is 0.0299. The Kier molecular flexibility index (Phi) is 4.83. The summed E-state index contributed by atoms with van der Waals surface area (Å²) in [4.78, 5) is 12.5. The van der Waals surface area contributed by atoms with Gasteiger partial charge < -0.3 is 15.2 Å². The van der Waals surface area contributed by atoms with E-state index in [1.165, 1.54) is 12.1 Å². The molecule has 1 atom stereocenters. The van der Waals surface area contributed by atoms with E-state index in [1.54, 1.807) is 0 Å². The summed E-state index contributed by atoms with van der Waals surface area (Å²) in [6.07, 6.45) is 1.45. The molecule has 1 heterocycles. The van der Waals surface area contributed by atoms with Crippen molar-refractivity contribution in [2.75, 3.05) is 6.61 Å². The summed E-state index contributed by atoms with van der Waals surface area (Å²) in [6.45, 7) is 0.650. The molecule has 0 bridgehead atoms. The van der Waals surface area contributed by atoms with Gasteiger partial charge in [-0.2, -0.15) is 0 Å². The smallest absolute Gasteiger partial charge is 0.225 e. The van der Waals surface area contributed by atoms with E-state index in [0.29, 0.717) is 19.4 Å². The van der Waals surface area contributed by atoms with Crippen LogP contribution in [0.2, 0.25) is 0 Å². The Hall–Kier alpha value is -2.47. The third-order valence-corrected chi connectivity index (χ3v) is 5.39. The lowest BCUT2D eigenvalue weighted by Gasteiger charge is -2.38. The predicted molar refractivity (Wildman–Crippen MR) is 95.3 cm³/mol. The summed E-state index contributed by atoms with van der Waals surface area (Å²) in [6, 6.07) is 9.40. The summed E-state index contributed by atoms with van der Waals surface area (Å²) < 4.78 is 32.8. The molecule has 6 heteroatoms. The molecule has 1 aliphatic heterocycles. The minimum Gasteiger partial charge on any atom is -0.493 e. The van der Waals surface area contributed by atoms with Gasteiger partial charge in [-0.25, -0.2) is 8.78 Å². The first-order valence-corrected chi connectivity index (χ1v) is 9.17. The maximum atomic E-state index is 13.9. The molecule has 4 nitrogen and oxygen atoms in total. The van der Waals surface area contributed by atoms with Crippen molar-refractivity contribution in [1.82, 2.24) is 5.32 Å². The van der Waals surface area contributed by atoms with E-state index in [1.807, 2.05) is 18.2 Å². The summed E-state index contributed by atoms with van der Waals surface area (Å²) in [7, 11) is 0. The maximum absolute atomic E-state index is 13.9. The topological polar surface area (TPSA) is 58.6 Å². The van der Waals surface area contributed by atoms with Crippen molar-refractivity contribution >= 4 is 5.91 Å². The van der Waals surface area contributed by atoms with Crippen LogP contribution in [0.4, 0.5) is 8.78 Å². The number of carbonyl (C=O) groups is 1. The fourth-order valence-electron chi connectivity index (χ4n) is 3.86. The third kappa shape index (κ3) is 3.67. The number of amides is 1. The Morgan fingerprint density at radius 1 is 1.26 bits per heavy atom. The van der Waals surface area contributed by atoms with Crippen LogP contribution in [0.15, 0.2) is 36.4 Å². The van der Waals surface area contributed by atoms with Crippen LogP contribution in [-0.2, 0) is 17.6 Å². The Bertz CT molecular complexity index is 865. The van der Waals surface area contributed by atoms with Gasteiger partial charge in [0, 0.05) is 12.0 Å². The zero-order valence-corrected chi connectivity index (χ0v) is 14.8. The van der Waals surface area contributed by atoms with Crippen molar-refractivity contribution < 1.29 is 23.4 Å². The van der Waals surface area contributed by atoms with Gasteiger partial charge >= 0.3 is 0 Å². The highest BCUT2D eigenvalue weighted by atomic mass is 19.2. The first-order valence-electron chi connectivity index (χ1n) is 9.17. The van der Waals surface area contributed by atoms with Gasteiger partial charge in [-0.3, -0.25) is 4.79 Å². The average Bonchev–Trinajstić information content (AvgIpc) is 3.09. The number of aliphatic hydroxyl groups excluding tert-OH is 1. The number of nitrogens with one attached hydrogen (secondary N) is 1. The number of fused-ring (bicyclic) bond motifs is 1. The fraction of sp³-hybridized carbons (Fsp3) is 0.381. The number of aliphatic hydroxyl groups is 1. The minimum atomic E-state index is -0.988. The van der Waals surface area contributed by atoms with Gasteiger partial charge in [-0.05, 0) is 48.1 Å². The molecule has 0 radical (unpaired) electrons. The predicted octanol–water partition coefficient (Wildman–Crippen LogP) is 3.07. The van der Waals surface area contributed by atoms with Gasteiger partial charge in [0.15, 0.2) is 11.6 Å². The summed E-state index contributed by atoms with van der Waals surface area (Å²) >= 11 is 0. The molecule has 1 fully saturated rings. The van der Waals surface area contributed by atoms with Gasteiger partial charge in [-0.1, -0.05) is 18.2 Å². The van der Waals surface area contributed by atoms with Crippen LogP contribution in [0.3, 0.4) is 0 Å². The number of benzene rings is 2. The fourth-order valence-corrected chi connectivity index (χ4v) is 3.86. The molecule has 2 aromatic rings. The highest BCUT2D eigenvalue weighted by Crippen LogP contribution is 2.39. The number of rotatable bonds is 5. The molecule has 2 aliphatic rings. The van der Waals surface area contributed by atoms with E-state index in [4.69, 9.17) is 4.74 Å². The largest absolute Gasteiger partial charge is 0.493 e. The third-order valence-electron chi connectivity index (χ3n) is 5.39. The zero-order chi connectivity index (χ0) is 19.0. The lowest BCUT2D eigenvalue weighted by atomic mass is 9.74. The molecule has 4 rings (SSSR count). The van der Waals surface area contributed by atoms with Crippen LogP contribution < -0.4 is 10.1 Å². The Balaban J connectivity index is 1.53. The molecule has 2 aromatic carbocycles. The average molecular weight is 373 g/mol. The van der Waals surface area contributed by atoms with Crippen molar-refractivity contribution in [1.29, 1.82) is 0 Å². The molecule has 1 aliphatic carbocycles. The van der Waals surface area contributed by atoms with Crippen LogP contribution in [0.1, 0.15) is 35.6 Å². The van der Waals surface area contributed by atoms with Crippen molar-refractivity contribution in [2.45, 2.75) is 37.8 Å². The number of halogens is 2. The quantitative estimate of drug-likeness (QED) is 0.847. The lowest BCUT2D eigenvalue weighted by molar-refractivity contribution is -0.122. The van der Waals surface area contributed by atoms with E-state index in [2.05, 4.69) is 5.32 Å². The Labute approximate surface area is 156 Å².